The Kier molecular flexibility index (Phi) is 5.62. The van der Waals surface area contributed by atoms with Crippen molar-refractivity contribution >= 4 is 34.0 Å². The molecule has 0 spiro atoms. The van der Waals surface area contributed by atoms with E-state index in [1.165, 1.54) is 6.07 Å². The van der Waals surface area contributed by atoms with E-state index in [2.05, 4.69) is 10.3 Å². The average Bonchev–Trinajstić information content (AvgIpc) is 2.65. The largest absolute Gasteiger partial charge is 0.396 e. The van der Waals surface area contributed by atoms with Crippen LogP contribution in [-0.2, 0) is 11.3 Å². The summed E-state index contributed by atoms with van der Waals surface area (Å²) in [5.41, 5.74) is 6.86. The van der Waals surface area contributed by atoms with Crippen LogP contribution < -0.4 is 16.6 Å². The van der Waals surface area contributed by atoms with Gasteiger partial charge in [0.15, 0.2) is 0 Å². The number of methoxy groups -OCH3 is 1. The minimum absolute atomic E-state index is 0.0623. The van der Waals surface area contributed by atoms with Crippen molar-refractivity contribution in [2.45, 2.75) is 13.5 Å². The summed E-state index contributed by atoms with van der Waals surface area (Å²) < 4.78 is 20.3. The third-order valence-corrected chi connectivity index (χ3v) is 4.60. The molecule has 0 atom stereocenters. The van der Waals surface area contributed by atoms with E-state index >= 15 is 0 Å². The Balaban J connectivity index is 2.17. The number of aryl methyl sites for hydroxylation is 1. The van der Waals surface area contributed by atoms with Crippen LogP contribution in [0.5, 0.6) is 0 Å². The summed E-state index contributed by atoms with van der Waals surface area (Å²) in [5.74, 6) is 0.0340. The van der Waals surface area contributed by atoms with Gasteiger partial charge in [0.25, 0.3) is 5.56 Å². The van der Waals surface area contributed by atoms with Gasteiger partial charge in [-0.3, -0.25) is 4.79 Å². The molecule has 0 aliphatic heterocycles. The molecule has 0 aliphatic rings. The number of pyridine rings is 2. The van der Waals surface area contributed by atoms with Gasteiger partial charge < -0.3 is 20.4 Å². The van der Waals surface area contributed by atoms with Crippen LogP contribution in [0.1, 0.15) is 6.92 Å². The molecule has 3 rings (SSSR count). The summed E-state index contributed by atoms with van der Waals surface area (Å²) in [6.07, 6.45) is 1.68. The van der Waals surface area contributed by atoms with E-state index < -0.39 is 5.82 Å². The minimum atomic E-state index is -0.617. The Morgan fingerprint density at radius 1 is 1.30 bits per heavy atom. The molecule has 3 aromatic rings. The first-order valence-corrected chi connectivity index (χ1v) is 8.85. The van der Waals surface area contributed by atoms with Crippen LogP contribution in [0.2, 0.25) is 5.02 Å². The zero-order chi connectivity index (χ0) is 19.6. The molecule has 2 aromatic heterocycles. The van der Waals surface area contributed by atoms with Crippen LogP contribution in [0.4, 0.5) is 15.9 Å². The molecule has 142 valence electrons. The highest BCUT2D eigenvalue weighted by molar-refractivity contribution is 6.33. The zero-order valence-corrected chi connectivity index (χ0v) is 15.8. The highest BCUT2D eigenvalue weighted by Gasteiger charge is 2.15. The van der Waals surface area contributed by atoms with Crippen molar-refractivity contribution in [3.8, 4) is 11.1 Å². The predicted octanol–water partition coefficient (Wildman–Crippen LogP) is 3.52. The fraction of sp³-hybridized carbons (Fsp3) is 0.263. The number of nitrogen functional groups attached to an aromatic ring is 1. The molecular formula is C19H20ClFN4O2. The smallest absolute Gasteiger partial charge is 0.258 e. The molecule has 8 heteroatoms. The number of benzene rings is 1. The van der Waals surface area contributed by atoms with Crippen molar-refractivity contribution < 1.29 is 9.13 Å². The molecule has 0 unspecified atom stereocenters. The summed E-state index contributed by atoms with van der Waals surface area (Å²) in [6, 6.07) is 6.02. The molecule has 6 nitrogen and oxygen atoms in total. The standard InChI is InChI=1S/C19H20ClFN4O2/c1-3-25-17-9-18(23-4-5-27-2)24-10-11(17)6-13(19(25)26)12-7-16(22)15(21)8-14(12)20/h6-10H,3-5,22H2,1-2H3,(H,23,24). The number of aromatic nitrogens is 2. The van der Waals surface area contributed by atoms with E-state index in [-0.39, 0.29) is 16.3 Å². The maximum Gasteiger partial charge on any atom is 0.258 e. The van der Waals surface area contributed by atoms with E-state index in [0.29, 0.717) is 36.6 Å². The number of ether oxygens (including phenoxy) is 1. The number of anilines is 2. The minimum Gasteiger partial charge on any atom is -0.396 e. The van der Waals surface area contributed by atoms with Crippen molar-refractivity contribution in [1.82, 2.24) is 9.55 Å². The van der Waals surface area contributed by atoms with Crippen molar-refractivity contribution in [2.75, 3.05) is 31.3 Å². The Morgan fingerprint density at radius 2 is 2.07 bits per heavy atom. The lowest BCUT2D eigenvalue weighted by Crippen LogP contribution is -2.22. The van der Waals surface area contributed by atoms with Crippen molar-refractivity contribution in [2.24, 2.45) is 0 Å². The van der Waals surface area contributed by atoms with Crippen molar-refractivity contribution in [3.63, 3.8) is 0 Å². The normalized spacial score (nSPS) is 11.1. The maximum atomic E-state index is 13.6. The van der Waals surface area contributed by atoms with Crippen LogP contribution in [0.25, 0.3) is 22.0 Å². The molecule has 3 N–H and O–H groups in total. The third kappa shape index (κ3) is 3.74. The van der Waals surface area contributed by atoms with Gasteiger partial charge in [0.1, 0.15) is 11.6 Å². The first-order chi connectivity index (χ1) is 13.0. The summed E-state index contributed by atoms with van der Waals surface area (Å²) in [7, 11) is 1.62. The lowest BCUT2D eigenvalue weighted by molar-refractivity contribution is 0.210. The van der Waals surface area contributed by atoms with Crippen LogP contribution in [0.15, 0.2) is 35.3 Å². The summed E-state index contributed by atoms with van der Waals surface area (Å²) >= 11 is 6.17. The van der Waals surface area contributed by atoms with Crippen LogP contribution in [0.3, 0.4) is 0 Å². The lowest BCUT2D eigenvalue weighted by atomic mass is 10.0. The molecule has 2 heterocycles. The second kappa shape index (κ2) is 7.94. The number of rotatable bonds is 6. The fourth-order valence-electron chi connectivity index (χ4n) is 2.93. The SMILES string of the molecule is CCn1c(=O)c(-c2cc(N)c(F)cc2Cl)cc2cnc(NCCOC)cc21. The summed E-state index contributed by atoms with van der Waals surface area (Å²) in [4.78, 5) is 17.4. The van der Waals surface area contributed by atoms with Gasteiger partial charge in [-0.05, 0) is 25.1 Å². The molecule has 0 fully saturated rings. The Labute approximate surface area is 160 Å². The van der Waals surface area contributed by atoms with Gasteiger partial charge in [-0.25, -0.2) is 9.37 Å². The lowest BCUT2D eigenvalue weighted by Gasteiger charge is -2.14. The Morgan fingerprint density at radius 3 is 2.78 bits per heavy atom. The molecular weight excluding hydrogens is 371 g/mol. The van der Waals surface area contributed by atoms with E-state index in [0.717, 1.165) is 17.0 Å². The van der Waals surface area contributed by atoms with E-state index in [4.69, 9.17) is 22.1 Å². The van der Waals surface area contributed by atoms with Gasteiger partial charge in [-0.1, -0.05) is 11.6 Å². The van der Waals surface area contributed by atoms with Crippen LogP contribution in [-0.4, -0.2) is 29.8 Å². The molecule has 0 bridgehead atoms. The number of nitrogens with two attached hydrogens (primary N) is 1. The molecule has 1 aromatic carbocycles. The number of nitrogens with zero attached hydrogens (tertiary/aromatic N) is 2. The average molecular weight is 391 g/mol. The van der Waals surface area contributed by atoms with Gasteiger partial charge in [-0.2, -0.15) is 0 Å². The van der Waals surface area contributed by atoms with Gasteiger partial charge >= 0.3 is 0 Å². The molecule has 27 heavy (non-hydrogen) atoms. The first-order valence-electron chi connectivity index (χ1n) is 8.47. The fourth-order valence-corrected chi connectivity index (χ4v) is 3.18. The van der Waals surface area contributed by atoms with Crippen LogP contribution >= 0.6 is 11.6 Å². The number of fused-ring (bicyclic) bond motifs is 1. The Hall–Kier alpha value is -2.64. The highest BCUT2D eigenvalue weighted by atomic mass is 35.5. The van der Waals surface area contributed by atoms with Crippen molar-refractivity contribution in [1.29, 1.82) is 0 Å². The predicted molar refractivity (Wildman–Crippen MR) is 107 cm³/mol. The Bertz CT molecular complexity index is 1050. The quantitative estimate of drug-likeness (QED) is 0.497. The van der Waals surface area contributed by atoms with Gasteiger partial charge in [0.2, 0.25) is 0 Å². The van der Waals surface area contributed by atoms with Crippen LogP contribution in [0, 0.1) is 5.82 Å². The van der Waals surface area contributed by atoms with E-state index in [1.54, 1.807) is 23.9 Å². The number of nitrogens with one attached hydrogen (secondary N) is 1. The topological polar surface area (TPSA) is 82.2 Å². The molecule has 0 saturated carbocycles. The van der Waals surface area contributed by atoms with Gasteiger partial charge in [0.05, 0.1) is 22.8 Å². The second-order valence-corrected chi connectivity index (χ2v) is 6.42. The summed E-state index contributed by atoms with van der Waals surface area (Å²) in [5, 5.41) is 4.04. The molecule has 0 radical (unpaired) electrons. The zero-order valence-electron chi connectivity index (χ0n) is 15.1. The number of hydrogen-bond donors (Lipinski definition) is 2. The molecule has 0 saturated heterocycles. The van der Waals surface area contributed by atoms with Gasteiger partial charge in [0, 0.05) is 49.0 Å². The molecule has 0 amide bonds. The number of halogens is 2. The summed E-state index contributed by atoms with van der Waals surface area (Å²) in [6.45, 7) is 3.49. The highest BCUT2D eigenvalue weighted by Crippen LogP contribution is 2.31. The van der Waals surface area contributed by atoms with Crippen molar-refractivity contribution in [3.05, 3.63) is 51.7 Å². The van der Waals surface area contributed by atoms with E-state index in [1.807, 2.05) is 13.0 Å². The monoisotopic (exact) mass is 390 g/mol. The third-order valence-electron chi connectivity index (χ3n) is 4.28. The van der Waals surface area contributed by atoms with E-state index in [9.17, 15) is 9.18 Å². The van der Waals surface area contributed by atoms with Gasteiger partial charge in [-0.15, -0.1) is 0 Å². The second-order valence-electron chi connectivity index (χ2n) is 6.01. The maximum absolute atomic E-state index is 13.6. The molecule has 0 aliphatic carbocycles. The first kappa shape index (κ1) is 19.1. The number of hydrogen-bond acceptors (Lipinski definition) is 5.